The molecule has 1 saturated heterocycles. The van der Waals surface area contributed by atoms with Crippen LogP contribution in [0.3, 0.4) is 0 Å². The highest BCUT2D eigenvalue weighted by Crippen LogP contribution is 2.44. The summed E-state index contributed by atoms with van der Waals surface area (Å²) in [4.78, 5) is 29.9. The third kappa shape index (κ3) is 3.79. The van der Waals surface area contributed by atoms with Crippen LogP contribution in [-0.4, -0.2) is 48.0 Å². The zero-order valence-corrected chi connectivity index (χ0v) is 21.1. The van der Waals surface area contributed by atoms with Gasteiger partial charge in [0.1, 0.15) is 6.17 Å². The smallest absolute Gasteiger partial charge is 0.278 e. The number of morpholine rings is 1. The van der Waals surface area contributed by atoms with Gasteiger partial charge in [-0.1, -0.05) is 55.8 Å². The fourth-order valence-corrected chi connectivity index (χ4v) is 6.45. The molecule has 2 aromatic carbocycles. The number of carbonyl (C=O) groups excluding carboxylic acids is 1. The van der Waals surface area contributed by atoms with Crippen molar-refractivity contribution in [2.75, 3.05) is 31.4 Å². The molecule has 1 aromatic heterocycles. The van der Waals surface area contributed by atoms with Crippen LogP contribution in [0.25, 0.3) is 0 Å². The number of aromatic nitrogens is 1. The zero-order chi connectivity index (χ0) is 24.6. The summed E-state index contributed by atoms with van der Waals surface area (Å²) in [6.07, 6.45) is 3.15. The molecular formula is C28H29N3O4S. The van der Waals surface area contributed by atoms with Gasteiger partial charge < -0.3 is 14.4 Å². The lowest BCUT2D eigenvalue weighted by Gasteiger charge is -2.51. The van der Waals surface area contributed by atoms with Crippen LogP contribution in [0.15, 0.2) is 70.5 Å². The van der Waals surface area contributed by atoms with Crippen LogP contribution in [0.1, 0.15) is 53.0 Å². The van der Waals surface area contributed by atoms with E-state index in [0.29, 0.717) is 32.1 Å². The number of carbonyl (C=O) groups is 1. The molecule has 7 nitrogen and oxygen atoms in total. The van der Waals surface area contributed by atoms with Crippen molar-refractivity contribution in [2.45, 2.75) is 42.6 Å². The number of ether oxygens (including phenoxy) is 2. The molecule has 3 aliphatic heterocycles. The fraction of sp³-hybridized carbons (Fsp3) is 0.357. The number of pyridine rings is 1. The Morgan fingerprint density at radius 1 is 1.06 bits per heavy atom. The quantitative estimate of drug-likeness (QED) is 0.487. The molecule has 36 heavy (non-hydrogen) atoms. The lowest BCUT2D eigenvalue weighted by atomic mass is 9.93. The first kappa shape index (κ1) is 23.2. The minimum Gasteiger partial charge on any atom is -0.487 e. The first-order valence-corrected chi connectivity index (χ1v) is 13.5. The van der Waals surface area contributed by atoms with E-state index in [-0.39, 0.29) is 29.3 Å². The summed E-state index contributed by atoms with van der Waals surface area (Å²) in [5, 5.41) is 2.21. The van der Waals surface area contributed by atoms with Crippen molar-refractivity contribution in [1.29, 1.82) is 0 Å². The Morgan fingerprint density at radius 2 is 1.86 bits per heavy atom. The normalized spacial score (nSPS) is 20.6. The number of hydrogen-bond acceptors (Lipinski definition) is 6. The Hall–Kier alpha value is -3.23. The SMILES string of the molecule is CCCCOc1c2n(ccc1=O)N([C@H]1c3ccccc3CSc3ccccc31)[C@@H]1COCCN1C2=O. The molecule has 0 saturated carbocycles. The molecule has 0 N–H and O–H groups in total. The molecule has 0 unspecified atom stereocenters. The van der Waals surface area contributed by atoms with Crippen LogP contribution in [0.5, 0.6) is 5.75 Å². The molecule has 0 radical (unpaired) electrons. The second kappa shape index (κ2) is 9.67. The highest BCUT2D eigenvalue weighted by atomic mass is 32.2. The average Bonchev–Trinajstić information content (AvgIpc) is 3.07. The van der Waals surface area contributed by atoms with Gasteiger partial charge in [-0.25, -0.2) is 0 Å². The largest absolute Gasteiger partial charge is 0.487 e. The minimum absolute atomic E-state index is 0.135. The summed E-state index contributed by atoms with van der Waals surface area (Å²) in [7, 11) is 0. The van der Waals surface area contributed by atoms with Gasteiger partial charge in [0.05, 0.1) is 25.9 Å². The molecule has 186 valence electrons. The van der Waals surface area contributed by atoms with Crippen molar-refractivity contribution < 1.29 is 14.3 Å². The van der Waals surface area contributed by atoms with E-state index in [1.165, 1.54) is 27.7 Å². The van der Waals surface area contributed by atoms with Crippen LogP contribution in [0, 0.1) is 0 Å². The van der Waals surface area contributed by atoms with Gasteiger partial charge >= 0.3 is 0 Å². The molecule has 3 aliphatic rings. The van der Waals surface area contributed by atoms with E-state index in [4.69, 9.17) is 9.47 Å². The van der Waals surface area contributed by atoms with Gasteiger partial charge in [0.15, 0.2) is 11.4 Å². The molecule has 0 spiro atoms. The van der Waals surface area contributed by atoms with E-state index < -0.39 is 0 Å². The predicted octanol–water partition coefficient (Wildman–Crippen LogP) is 4.17. The van der Waals surface area contributed by atoms with E-state index in [9.17, 15) is 9.59 Å². The van der Waals surface area contributed by atoms with E-state index in [2.05, 4.69) is 60.5 Å². The van der Waals surface area contributed by atoms with Crippen LogP contribution in [-0.2, 0) is 10.5 Å². The Kier molecular flexibility index (Phi) is 6.23. The highest BCUT2D eigenvalue weighted by molar-refractivity contribution is 7.98. The second-order valence-corrected chi connectivity index (χ2v) is 10.3. The topological polar surface area (TPSA) is 64.0 Å². The third-order valence-electron chi connectivity index (χ3n) is 7.11. The predicted molar refractivity (Wildman–Crippen MR) is 139 cm³/mol. The lowest BCUT2D eigenvalue weighted by Crippen LogP contribution is -2.66. The van der Waals surface area contributed by atoms with Gasteiger partial charge in [-0.05, 0) is 29.2 Å². The molecule has 1 fully saturated rings. The summed E-state index contributed by atoms with van der Waals surface area (Å²) in [5.41, 5.74) is 3.64. The Morgan fingerprint density at radius 3 is 2.72 bits per heavy atom. The van der Waals surface area contributed by atoms with Crippen LogP contribution in [0.4, 0.5) is 0 Å². The summed E-state index contributed by atoms with van der Waals surface area (Å²) in [6, 6.07) is 18.3. The molecule has 2 atom stereocenters. The summed E-state index contributed by atoms with van der Waals surface area (Å²) in [6.45, 7) is 3.78. The van der Waals surface area contributed by atoms with Gasteiger partial charge in [0, 0.05) is 29.5 Å². The van der Waals surface area contributed by atoms with E-state index >= 15 is 0 Å². The first-order chi connectivity index (χ1) is 17.7. The molecule has 1 amide bonds. The standard InChI is InChI=1S/C28H29N3O4S/c1-2-3-15-35-27-22(32)12-13-30-26(27)28(33)29-14-16-34-17-24(29)31(30)25-20-9-5-4-8-19(20)18-36-23-11-7-6-10-21(23)25/h4-13,24-25H,2-3,14-18H2,1H3/t24-,25+/m1/s1. The van der Waals surface area contributed by atoms with E-state index in [1.807, 2.05) is 21.3 Å². The molecule has 8 heteroatoms. The van der Waals surface area contributed by atoms with Crippen LogP contribution in [0.2, 0.25) is 0 Å². The van der Waals surface area contributed by atoms with Gasteiger partial charge in [-0.3, -0.25) is 19.3 Å². The van der Waals surface area contributed by atoms with Crippen molar-refractivity contribution in [3.8, 4) is 5.75 Å². The van der Waals surface area contributed by atoms with Crippen LogP contribution < -0.4 is 15.2 Å². The first-order valence-electron chi connectivity index (χ1n) is 12.5. The monoisotopic (exact) mass is 503 g/mol. The van der Waals surface area contributed by atoms with Crippen molar-refractivity contribution in [3.63, 3.8) is 0 Å². The highest BCUT2D eigenvalue weighted by Gasteiger charge is 2.46. The summed E-state index contributed by atoms with van der Waals surface area (Å²) < 4.78 is 13.8. The van der Waals surface area contributed by atoms with Gasteiger partial charge in [-0.2, -0.15) is 0 Å². The van der Waals surface area contributed by atoms with Crippen molar-refractivity contribution >= 4 is 17.7 Å². The third-order valence-corrected chi connectivity index (χ3v) is 8.25. The second-order valence-electron chi connectivity index (χ2n) is 9.27. The number of benzene rings is 2. The Labute approximate surface area is 214 Å². The molecule has 4 heterocycles. The Balaban J connectivity index is 1.60. The molecule has 3 aromatic rings. The minimum atomic E-state index is -0.320. The van der Waals surface area contributed by atoms with Crippen molar-refractivity contribution in [1.82, 2.24) is 9.58 Å². The number of thioether (sulfide) groups is 1. The zero-order valence-electron chi connectivity index (χ0n) is 20.3. The van der Waals surface area contributed by atoms with Gasteiger partial charge in [-0.15, -0.1) is 11.8 Å². The van der Waals surface area contributed by atoms with Gasteiger partial charge in [0.2, 0.25) is 5.43 Å². The summed E-state index contributed by atoms with van der Waals surface area (Å²) in [5.74, 6) is 0.813. The van der Waals surface area contributed by atoms with Crippen molar-refractivity contribution in [3.05, 3.63) is 93.4 Å². The Bertz CT molecular complexity index is 1310. The van der Waals surface area contributed by atoms with Crippen LogP contribution >= 0.6 is 11.8 Å². The van der Waals surface area contributed by atoms with Gasteiger partial charge in [0.25, 0.3) is 5.91 Å². The number of amides is 1. The maximum Gasteiger partial charge on any atom is 0.278 e. The molecule has 6 rings (SSSR count). The molecular weight excluding hydrogens is 474 g/mol. The average molecular weight is 504 g/mol. The van der Waals surface area contributed by atoms with Crippen molar-refractivity contribution in [2.24, 2.45) is 0 Å². The lowest BCUT2D eigenvalue weighted by molar-refractivity contribution is -0.0198. The number of fused-ring (bicyclic) bond motifs is 4. The maximum absolute atomic E-state index is 13.8. The summed E-state index contributed by atoms with van der Waals surface area (Å²) >= 11 is 1.83. The number of hydrogen-bond donors (Lipinski definition) is 0. The molecule has 0 aliphatic carbocycles. The van der Waals surface area contributed by atoms with E-state index in [0.717, 1.165) is 18.6 Å². The number of rotatable bonds is 5. The number of unbranched alkanes of at least 4 members (excludes halogenated alkanes) is 1. The number of nitrogens with zero attached hydrogens (tertiary/aromatic N) is 3. The fourth-order valence-electron chi connectivity index (χ4n) is 5.36. The molecule has 0 bridgehead atoms. The maximum atomic E-state index is 13.8. The van der Waals surface area contributed by atoms with E-state index in [1.54, 1.807) is 6.20 Å².